The van der Waals surface area contributed by atoms with E-state index in [-0.39, 0.29) is 5.38 Å². The average molecular weight is 297 g/mol. The SMILES string of the molecule is CCc1nn(C)c2c1nc(C(C)Cl)n2C1CC(OC)C1. The fourth-order valence-corrected chi connectivity index (χ4v) is 3.19. The van der Waals surface area contributed by atoms with Gasteiger partial charge in [0.15, 0.2) is 5.65 Å². The number of imidazole rings is 1. The molecule has 0 aliphatic heterocycles. The van der Waals surface area contributed by atoms with Gasteiger partial charge in [-0.25, -0.2) is 4.98 Å². The van der Waals surface area contributed by atoms with Crippen molar-refractivity contribution in [1.82, 2.24) is 19.3 Å². The Morgan fingerprint density at radius 3 is 2.70 bits per heavy atom. The van der Waals surface area contributed by atoms with Crippen molar-refractivity contribution in [3.05, 3.63) is 11.5 Å². The van der Waals surface area contributed by atoms with Crippen molar-refractivity contribution in [3.8, 4) is 0 Å². The molecule has 110 valence electrons. The van der Waals surface area contributed by atoms with Crippen LogP contribution in [0.5, 0.6) is 0 Å². The number of hydrogen-bond acceptors (Lipinski definition) is 3. The van der Waals surface area contributed by atoms with Gasteiger partial charge in [-0.2, -0.15) is 5.10 Å². The maximum absolute atomic E-state index is 6.34. The topological polar surface area (TPSA) is 44.9 Å². The van der Waals surface area contributed by atoms with Crippen molar-refractivity contribution < 1.29 is 4.74 Å². The number of rotatable bonds is 4. The van der Waals surface area contributed by atoms with Gasteiger partial charge in [0.2, 0.25) is 0 Å². The first kappa shape index (κ1) is 13.9. The van der Waals surface area contributed by atoms with E-state index in [9.17, 15) is 0 Å². The average Bonchev–Trinajstić information content (AvgIpc) is 2.87. The molecule has 0 N–H and O–H groups in total. The van der Waals surface area contributed by atoms with Crippen molar-refractivity contribution in [1.29, 1.82) is 0 Å². The first-order chi connectivity index (χ1) is 9.56. The van der Waals surface area contributed by atoms with Gasteiger partial charge >= 0.3 is 0 Å². The molecule has 2 aromatic rings. The molecule has 0 spiro atoms. The third-order valence-corrected chi connectivity index (χ3v) is 4.42. The number of halogens is 1. The highest BCUT2D eigenvalue weighted by Gasteiger charge is 2.35. The molecule has 1 fully saturated rings. The molecule has 0 aromatic carbocycles. The quantitative estimate of drug-likeness (QED) is 0.815. The Bertz CT molecular complexity index is 625. The van der Waals surface area contributed by atoms with Gasteiger partial charge in [0.05, 0.1) is 17.2 Å². The summed E-state index contributed by atoms with van der Waals surface area (Å²) < 4.78 is 9.60. The highest BCUT2D eigenvalue weighted by Crippen LogP contribution is 2.39. The zero-order chi connectivity index (χ0) is 14.4. The summed E-state index contributed by atoms with van der Waals surface area (Å²) in [4.78, 5) is 4.76. The Morgan fingerprint density at radius 2 is 2.15 bits per heavy atom. The minimum Gasteiger partial charge on any atom is -0.381 e. The zero-order valence-electron chi connectivity index (χ0n) is 12.4. The Kier molecular flexibility index (Phi) is 3.50. The molecular formula is C14H21ClN4O. The second-order valence-electron chi connectivity index (χ2n) is 5.54. The summed E-state index contributed by atoms with van der Waals surface area (Å²) >= 11 is 6.34. The summed E-state index contributed by atoms with van der Waals surface area (Å²) in [5.41, 5.74) is 3.13. The first-order valence-corrected chi connectivity index (χ1v) is 7.61. The van der Waals surface area contributed by atoms with E-state index in [0.717, 1.165) is 41.9 Å². The van der Waals surface area contributed by atoms with Crippen LogP contribution in [-0.4, -0.2) is 32.5 Å². The van der Waals surface area contributed by atoms with Crippen LogP contribution in [-0.2, 0) is 18.2 Å². The summed E-state index contributed by atoms with van der Waals surface area (Å²) in [6, 6.07) is 0.418. The van der Waals surface area contributed by atoms with Gasteiger partial charge in [-0.1, -0.05) is 6.92 Å². The third kappa shape index (κ3) is 1.95. The van der Waals surface area contributed by atoms with Gasteiger partial charge in [0, 0.05) is 20.2 Å². The van der Waals surface area contributed by atoms with E-state index < -0.39 is 0 Å². The number of aryl methyl sites for hydroxylation is 2. The number of ether oxygens (including phenoxy) is 1. The van der Waals surface area contributed by atoms with Crippen molar-refractivity contribution in [3.63, 3.8) is 0 Å². The number of aromatic nitrogens is 4. The molecule has 0 radical (unpaired) electrons. The molecule has 5 nitrogen and oxygen atoms in total. The lowest BCUT2D eigenvalue weighted by Gasteiger charge is -2.36. The maximum atomic E-state index is 6.34. The fourth-order valence-electron chi connectivity index (χ4n) is 3.04. The Labute approximate surface area is 123 Å². The van der Waals surface area contributed by atoms with Crippen molar-refractivity contribution in [2.24, 2.45) is 7.05 Å². The molecule has 2 heterocycles. The van der Waals surface area contributed by atoms with E-state index in [2.05, 4.69) is 16.6 Å². The van der Waals surface area contributed by atoms with E-state index >= 15 is 0 Å². The Hall–Kier alpha value is -1.07. The van der Waals surface area contributed by atoms with E-state index in [0.29, 0.717) is 12.1 Å². The normalized spacial score (nSPS) is 24.1. The number of alkyl halides is 1. The van der Waals surface area contributed by atoms with Crippen molar-refractivity contribution in [2.75, 3.05) is 7.11 Å². The van der Waals surface area contributed by atoms with Gasteiger partial charge in [0.1, 0.15) is 11.3 Å². The maximum Gasteiger partial charge on any atom is 0.158 e. The number of methoxy groups -OCH3 is 1. The van der Waals surface area contributed by atoms with E-state index in [4.69, 9.17) is 21.3 Å². The van der Waals surface area contributed by atoms with Crippen LogP contribution >= 0.6 is 11.6 Å². The van der Waals surface area contributed by atoms with Crippen molar-refractivity contribution >= 4 is 22.8 Å². The van der Waals surface area contributed by atoms with Gasteiger partial charge in [-0.15, -0.1) is 11.6 Å². The highest BCUT2D eigenvalue weighted by molar-refractivity contribution is 6.20. The molecule has 1 unspecified atom stereocenters. The summed E-state index contributed by atoms with van der Waals surface area (Å²) in [7, 11) is 3.75. The molecule has 2 aromatic heterocycles. The second kappa shape index (κ2) is 5.04. The van der Waals surface area contributed by atoms with Crippen LogP contribution in [0.25, 0.3) is 11.2 Å². The van der Waals surface area contributed by atoms with Crippen LogP contribution in [0.3, 0.4) is 0 Å². The summed E-state index contributed by atoms with van der Waals surface area (Å²) in [6.07, 6.45) is 3.28. The molecule has 3 rings (SSSR count). The minimum absolute atomic E-state index is 0.103. The van der Waals surface area contributed by atoms with Crippen LogP contribution < -0.4 is 0 Å². The van der Waals surface area contributed by atoms with Gasteiger partial charge in [-0.3, -0.25) is 4.68 Å². The summed E-state index contributed by atoms with van der Waals surface area (Å²) in [6.45, 7) is 4.08. The smallest absolute Gasteiger partial charge is 0.158 e. The van der Waals surface area contributed by atoms with Crippen LogP contribution in [0.2, 0.25) is 0 Å². The fraction of sp³-hybridized carbons (Fsp3) is 0.714. The molecule has 1 aliphatic rings. The monoisotopic (exact) mass is 296 g/mol. The van der Waals surface area contributed by atoms with Gasteiger partial charge < -0.3 is 9.30 Å². The Balaban J connectivity index is 2.12. The number of fused-ring (bicyclic) bond motifs is 1. The van der Waals surface area contributed by atoms with E-state index in [1.807, 2.05) is 18.7 Å². The summed E-state index contributed by atoms with van der Waals surface area (Å²) in [5.74, 6) is 0.948. The van der Waals surface area contributed by atoms with Crippen LogP contribution in [0, 0.1) is 0 Å². The lowest BCUT2D eigenvalue weighted by molar-refractivity contribution is 0.00628. The predicted molar refractivity (Wildman–Crippen MR) is 79.2 cm³/mol. The minimum atomic E-state index is -0.103. The van der Waals surface area contributed by atoms with Crippen LogP contribution in [0.15, 0.2) is 0 Å². The highest BCUT2D eigenvalue weighted by atomic mass is 35.5. The van der Waals surface area contributed by atoms with Gasteiger partial charge in [0.25, 0.3) is 0 Å². The molecule has 1 saturated carbocycles. The zero-order valence-corrected chi connectivity index (χ0v) is 13.2. The van der Waals surface area contributed by atoms with E-state index in [1.54, 1.807) is 7.11 Å². The second-order valence-corrected chi connectivity index (χ2v) is 6.19. The standard InChI is InChI=1S/C14H21ClN4O/c1-5-11-12-14(18(3)17-11)19(13(16-12)8(2)15)9-6-10(7-9)20-4/h8-10H,5-7H2,1-4H3. The van der Waals surface area contributed by atoms with Crippen molar-refractivity contribution in [2.45, 2.75) is 50.6 Å². The molecular weight excluding hydrogens is 276 g/mol. The number of hydrogen-bond donors (Lipinski definition) is 0. The molecule has 1 aliphatic carbocycles. The lowest BCUT2D eigenvalue weighted by Crippen LogP contribution is -2.33. The molecule has 0 bridgehead atoms. The first-order valence-electron chi connectivity index (χ1n) is 7.17. The molecule has 0 saturated heterocycles. The van der Waals surface area contributed by atoms with E-state index in [1.165, 1.54) is 0 Å². The molecule has 0 amide bonds. The van der Waals surface area contributed by atoms with Gasteiger partial charge in [-0.05, 0) is 26.2 Å². The van der Waals surface area contributed by atoms with Crippen LogP contribution in [0.1, 0.15) is 49.6 Å². The largest absolute Gasteiger partial charge is 0.381 e. The number of nitrogens with zero attached hydrogens (tertiary/aromatic N) is 4. The molecule has 6 heteroatoms. The molecule has 1 atom stereocenters. The Morgan fingerprint density at radius 1 is 1.45 bits per heavy atom. The third-order valence-electron chi connectivity index (χ3n) is 4.22. The molecule has 20 heavy (non-hydrogen) atoms. The van der Waals surface area contributed by atoms with Crippen LogP contribution in [0.4, 0.5) is 0 Å². The predicted octanol–water partition coefficient (Wildman–Crippen LogP) is 2.98. The lowest BCUT2D eigenvalue weighted by atomic mass is 9.89. The summed E-state index contributed by atoms with van der Waals surface area (Å²) in [5, 5.41) is 4.47.